The number of ether oxygens (including phenoxy) is 1. The molecule has 9 heteroatoms. The van der Waals surface area contributed by atoms with Crippen molar-refractivity contribution in [3.05, 3.63) is 92.0 Å². The minimum absolute atomic E-state index is 0.365. The van der Waals surface area contributed by atoms with Crippen molar-refractivity contribution in [3.63, 3.8) is 0 Å². The minimum Gasteiger partial charge on any atom is -0.501 e. The van der Waals surface area contributed by atoms with Crippen molar-refractivity contribution in [3.8, 4) is 34.8 Å². The van der Waals surface area contributed by atoms with Gasteiger partial charge in [-0.05, 0) is 30.3 Å². The van der Waals surface area contributed by atoms with Crippen LogP contribution in [0.25, 0.3) is 0 Å². The molecule has 3 aromatic carbocycles. The van der Waals surface area contributed by atoms with Crippen molar-refractivity contribution in [1.29, 1.82) is 0 Å². The number of nitrogens with zero attached hydrogens (tertiary/aromatic N) is 2. The number of phenolic OH excluding ortho intramolecular Hbond substituents is 2. The Morgan fingerprint density at radius 1 is 0.793 bits per heavy atom. The van der Waals surface area contributed by atoms with Crippen molar-refractivity contribution < 1.29 is 24.8 Å². The van der Waals surface area contributed by atoms with Crippen LogP contribution in [0, 0.1) is 32.1 Å². The fraction of sp³-hybridized carbons (Fsp3) is 0. The van der Waals surface area contributed by atoms with Crippen molar-refractivity contribution in [2.75, 3.05) is 0 Å². The van der Waals surface area contributed by atoms with Gasteiger partial charge in [0.15, 0.2) is 0 Å². The summed E-state index contributed by atoms with van der Waals surface area (Å²) in [5.41, 5.74) is -2.03. The van der Waals surface area contributed by atoms with E-state index in [0.29, 0.717) is 17.1 Å². The molecule has 3 aromatic rings. The Bertz CT molecular complexity index is 1160. The highest BCUT2D eigenvalue weighted by molar-refractivity contribution is 5.72. The van der Waals surface area contributed by atoms with E-state index in [1.165, 1.54) is 0 Å². The summed E-state index contributed by atoms with van der Waals surface area (Å²) in [7, 11) is 0. The van der Waals surface area contributed by atoms with Crippen molar-refractivity contribution in [1.82, 2.24) is 0 Å². The minimum atomic E-state index is -1.23. The van der Waals surface area contributed by atoms with Crippen LogP contribution in [0.15, 0.2) is 60.7 Å². The van der Waals surface area contributed by atoms with Crippen LogP contribution in [0.2, 0.25) is 0 Å². The van der Waals surface area contributed by atoms with Crippen LogP contribution in [-0.4, -0.2) is 20.1 Å². The molecule has 144 valence electrons. The van der Waals surface area contributed by atoms with Crippen LogP contribution >= 0.6 is 0 Å². The van der Waals surface area contributed by atoms with Crippen LogP contribution in [0.1, 0.15) is 11.1 Å². The molecule has 0 saturated carbocycles. The molecule has 0 unspecified atom stereocenters. The second-order valence-electron chi connectivity index (χ2n) is 5.70. The first-order chi connectivity index (χ1) is 13.9. The van der Waals surface area contributed by atoms with Crippen LogP contribution < -0.4 is 4.74 Å². The van der Waals surface area contributed by atoms with Crippen LogP contribution in [0.3, 0.4) is 0 Å². The summed E-state index contributed by atoms with van der Waals surface area (Å²) in [6.07, 6.45) is 0. The SMILES string of the molecule is O=[N+]([O-])c1cc(C#Cc2cccc(Oc3ccccc3)c2)c(O)c([N+](=O)[O-])c1O. The molecule has 3 rings (SSSR count). The summed E-state index contributed by atoms with van der Waals surface area (Å²) in [4.78, 5) is 20.0. The van der Waals surface area contributed by atoms with Gasteiger partial charge in [0.05, 0.1) is 15.4 Å². The number of rotatable bonds is 4. The van der Waals surface area contributed by atoms with E-state index in [-0.39, 0.29) is 5.56 Å². The lowest BCUT2D eigenvalue weighted by molar-refractivity contribution is -0.396. The molecule has 0 amide bonds. The average Bonchev–Trinajstić information content (AvgIpc) is 2.68. The molecule has 0 aromatic heterocycles. The molecule has 0 aliphatic rings. The smallest absolute Gasteiger partial charge is 0.360 e. The molecule has 9 nitrogen and oxygen atoms in total. The van der Waals surface area contributed by atoms with Gasteiger partial charge < -0.3 is 14.9 Å². The van der Waals surface area contributed by atoms with Gasteiger partial charge in [-0.2, -0.15) is 0 Å². The largest absolute Gasteiger partial charge is 0.501 e. The number of hydrogen-bond donors (Lipinski definition) is 2. The predicted molar refractivity (Wildman–Crippen MR) is 102 cm³/mol. The van der Waals surface area contributed by atoms with Crippen LogP contribution in [0.4, 0.5) is 11.4 Å². The monoisotopic (exact) mass is 392 g/mol. The number of para-hydroxylation sites is 1. The summed E-state index contributed by atoms with van der Waals surface area (Å²) in [6.45, 7) is 0. The lowest BCUT2D eigenvalue weighted by Crippen LogP contribution is -1.97. The predicted octanol–water partition coefficient (Wildman–Crippen LogP) is 4.11. The second-order valence-corrected chi connectivity index (χ2v) is 5.70. The first-order valence-corrected chi connectivity index (χ1v) is 8.09. The molecular weight excluding hydrogens is 380 g/mol. The van der Waals surface area contributed by atoms with Crippen LogP contribution in [-0.2, 0) is 0 Å². The van der Waals surface area contributed by atoms with E-state index < -0.39 is 32.7 Å². The van der Waals surface area contributed by atoms with E-state index in [0.717, 1.165) is 6.07 Å². The topological polar surface area (TPSA) is 136 Å². The standard InChI is InChI=1S/C20H12N2O7/c23-19-14(12-17(21(25)26)20(24)18(19)22(27)28)10-9-13-5-4-8-16(11-13)29-15-6-2-1-3-7-15/h1-8,11-12,23-24H. The number of phenols is 2. The number of nitro groups is 2. The Hall–Kier alpha value is -4.58. The third kappa shape index (κ3) is 4.23. The molecular formula is C20H12N2O7. The van der Waals surface area contributed by atoms with E-state index >= 15 is 0 Å². The van der Waals surface area contributed by atoms with Gasteiger partial charge in [-0.25, -0.2) is 0 Å². The molecule has 2 N–H and O–H groups in total. The first-order valence-electron chi connectivity index (χ1n) is 8.09. The van der Waals surface area contributed by atoms with E-state index in [1.54, 1.807) is 36.4 Å². The van der Waals surface area contributed by atoms with E-state index in [4.69, 9.17) is 4.74 Å². The average molecular weight is 392 g/mol. The summed E-state index contributed by atoms with van der Waals surface area (Å²) < 4.78 is 5.68. The summed E-state index contributed by atoms with van der Waals surface area (Å²) in [5.74, 6) is 4.03. The van der Waals surface area contributed by atoms with Gasteiger partial charge in [0, 0.05) is 11.6 Å². The van der Waals surface area contributed by atoms with Gasteiger partial charge in [0.1, 0.15) is 11.5 Å². The van der Waals surface area contributed by atoms with Gasteiger partial charge >= 0.3 is 11.4 Å². The molecule has 0 fully saturated rings. The number of aromatic hydroxyl groups is 2. The quantitative estimate of drug-likeness (QED) is 0.387. The first kappa shape index (κ1) is 19.2. The fourth-order valence-electron chi connectivity index (χ4n) is 2.44. The second kappa shape index (κ2) is 7.98. The Morgan fingerprint density at radius 2 is 1.48 bits per heavy atom. The molecule has 0 atom stereocenters. The zero-order valence-corrected chi connectivity index (χ0v) is 14.6. The lowest BCUT2D eigenvalue weighted by Gasteiger charge is -2.05. The van der Waals surface area contributed by atoms with Crippen molar-refractivity contribution >= 4 is 11.4 Å². The number of benzene rings is 3. The zero-order valence-electron chi connectivity index (χ0n) is 14.6. The highest BCUT2D eigenvalue weighted by Crippen LogP contribution is 2.44. The number of nitro benzene ring substituents is 2. The van der Waals surface area contributed by atoms with Gasteiger partial charge in [0.25, 0.3) is 5.75 Å². The molecule has 29 heavy (non-hydrogen) atoms. The normalized spacial score (nSPS) is 9.93. The summed E-state index contributed by atoms with van der Waals surface area (Å²) >= 11 is 0. The highest BCUT2D eigenvalue weighted by atomic mass is 16.6. The maximum Gasteiger partial charge on any atom is 0.360 e. The number of hydrogen-bond acceptors (Lipinski definition) is 7. The third-order valence-corrected chi connectivity index (χ3v) is 3.76. The Kier molecular flexibility index (Phi) is 5.28. The van der Waals surface area contributed by atoms with Crippen molar-refractivity contribution in [2.24, 2.45) is 0 Å². The van der Waals surface area contributed by atoms with Gasteiger partial charge in [-0.1, -0.05) is 36.1 Å². The molecule has 0 radical (unpaired) electrons. The molecule has 0 bridgehead atoms. The Morgan fingerprint density at radius 3 is 2.14 bits per heavy atom. The highest BCUT2D eigenvalue weighted by Gasteiger charge is 2.31. The van der Waals surface area contributed by atoms with Gasteiger partial charge in [0.2, 0.25) is 5.75 Å². The molecule has 0 spiro atoms. The van der Waals surface area contributed by atoms with E-state index in [9.17, 15) is 30.4 Å². The fourth-order valence-corrected chi connectivity index (χ4v) is 2.44. The molecule has 0 saturated heterocycles. The summed E-state index contributed by atoms with van der Waals surface area (Å²) in [6, 6.07) is 16.4. The van der Waals surface area contributed by atoms with Gasteiger partial charge in [-0.3, -0.25) is 20.2 Å². The summed E-state index contributed by atoms with van der Waals surface area (Å²) in [5, 5.41) is 41.8. The Labute approximate surface area is 163 Å². The Balaban J connectivity index is 1.99. The van der Waals surface area contributed by atoms with Gasteiger partial charge in [-0.15, -0.1) is 0 Å². The van der Waals surface area contributed by atoms with E-state index in [2.05, 4.69) is 11.8 Å². The molecule has 0 heterocycles. The van der Waals surface area contributed by atoms with Crippen LogP contribution in [0.5, 0.6) is 23.0 Å². The molecule has 0 aliphatic heterocycles. The molecule has 0 aliphatic carbocycles. The maximum absolute atomic E-state index is 11.1. The van der Waals surface area contributed by atoms with E-state index in [1.807, 2.05) is 18.2 Å². The zero-order chi connectivity index (χ0) is 21.0. The third-order valence-electron chi connectivity index (χ3n) is 3.76. The van der Waals surface area contributed by atoms with Crippen molar-refractivity contribution in [2.45, 2.75) is 0 Å². The maximum atomic E-state index is 11.1. The lowest BCUT2D eigenvalue weighted by atomic mass is 10.1.